The normalized spacial score (nSPS) is 10.8. The predicted molar refractivity (Wildman–Crippen MR) is 68.5 cm³/mol. The molecule has 1 aromatic carbocycles. The highest BCUT2D eigenvalue weighted by Gasteiger charge is 2.25. The van der Waals surface area contributed by atoms with E-state index in [1.165, 1.54) is 0 Å². The number of unbranched alkanes of at least 4 members (excludes halogenated alkanes) is 1. The summed E-state index contributed by atoms with van der Waals surface area (Å²) in [6.07, 6.45) is 2.11. The van der Waals surface area contributed by atoms with Crippen LogP contribution in [0.15, 0.2) is 9.59 Å². The molecule has 0 atom stereocenters. The SMILES string of the molecule is CCCCN(C)c1c(N(C)CC)c(=O)c1=O. The van der Waals surface area contributed by atoms with E-state index in [1.54, 1.807) is 0 Å². The Bertz CT molecular complexity index is 419. The minimum Gasteiger partial charge on any atom is -0.370 e. The van der Waals surface area contributed by atoms with Gasteiger partial charge in [0.1, 0.15) is 11.4 Å². The van der Waals surface area contributed by atoms with Gasteiger partial charge in [-0.3, -0.25) is 9.59 Å². The third-order valence-electron chi connectivity index (χ3n) is 2.95. The summed E-state index contributed by atoms with van der Waals surface area (Å²) in [4.78, 5) is 26.7. The standard InChI is InChI=1S/C12H20N2O2/c1-5-7-8-14(4)10-9(13(3)6-2)11(15)12(10)16/h5-8H2,1-4H3. The van der Waals surface area contributed by atoms with Crippen molar-refractivity contribution in [1.82, 2.24) is 0 Å². The average Bonchev–Trinajstić information content (AvgIpc) is 2.30. The molecule has 0 radical (unpaired) electrons. The first-order valence-electron chi connectivity index (χ1n) is 5.80. The number of anilines is 2. The van der Waals surface area contributed by atoms with Gasteiger partial charge in [-0.15, -0.1) is 0 Å². The second-order valence-electron chi connectivity index (χ2n) is 4.14. The first kappa shape index (κ1) is 12.7. The second kappa shape index (κ2) is 5.14. The first-order chi connectivity index (χ1) is 7.54. The van der Waals surface area contributed by atoms with Crippen molar-refractivity contribution in [2.45, 2.75) is 26.7 Å². The van der Waals surface area contributed by atoms with Gasteiger partial charge in [0.2, 0.25) is 0 Å². The van der Waals surface area contributed by atoms with Gasteiger partial charge in [0.15, 0.2) is 0 Å². The molecule has 0 fully saturated rings. The van der Waals surface area contributed by atoms with Crippen LogP contribution in [0.2, 0.25) is 0 Å². The largest absolute Gasteiger partial charge is 0.370 e. The minimum absolute atomic E-state index is 0.339. The van der Waals surface area contributed by atoms with Gasteiger partial charge in [0.05, 0.1) is 0 Å². The van der Waals surface area contributed by atoms with Crippen LogP contribution >= 0.6 is 0 Å². The lowest BCUT2D eigenvalue weighted by Crippen LogP contribution is -2.44. The van der Waals surface area contributed by atoms with Crippen LogP contribution in [0.5, 0.6) is 0 Å². The fourth-order valence-electron chi connectivity index (χ4n) is 1.74. The highest BCUT2D eigenvalue weighted by molar-refractivity contribution is 5.75. The molecule has 0 N–H and O–H groups in total. The zero-order valence-electron chi connectivity index (χ0n) is 10.5. The molecule has 0 saturated carbocycles. The molecule has 1 aromatic rings. The number of rotatable bonds is 6. The maximum absolute atomic E-state index is 11.5. The molecular formula is C12H20N2O2. The Labute approximate surface area is 96.2 Å². The van der Waals surface area contributed by atoms with Crippen LogP contribution < -0.4 is 20.7 Å². The van der Waals surface area contributed by atoms with Crippen LogP contribution in [0.25, 0.3) is 0 Å². The van der Waals surface area contributed by atoms with Gasteiger partial charge >= 0.3 is 0 Å². The van der Waals surface area contributed by atoms with Gasteiger partial charge in [0, 0.05) is 27.2 Å². The molecule has 0 unspecified atom stereocenters. The summed E-state index contributed by atoms with van der Waals surface area (Å²) in [6, 6.07) is 0. The quantitative estimate of drug-likeness (QED) is 0.675. The van der Waals surface area contributed by atoms with Gasteiger partial charge in [-0.25, -0.2) is 0 Å². The molecule has 90 valence electrons. The van der Waals surface area contributed by atoms with Gasteiger partial charge in [-0.05, 0) is 13.3 Å². The van der Waals surface area contributed by atoms with Crippen LogP contribution in [0.1, 0.15) is 26.7 Å². The molecule has 4 nitrogen and oxygen atoms in total. The maximum atomic E-state index is 11.5. The molecule has 0 amide bonds. The summed E-state index contributed by atoms with van der Waals surface area (Å²) in [7, 11) is 3.71. The van der Waals surface area contributed by atoms with E-state index < -0.39 is 0 Å². The van der Waals surface area contributed by atoms with E-state index in [2.05, 4.69) is 6.92 Å². The Kier molecular flexibility index (Phi) is 4.10. The molecular weight excluding hydrogens is 204 g/mol. The number of nitrogens with zero attached hydrogens (tertiary/aromatic N) is 2. The summed E-state index contributed by atoms with van der Waals surface area (Å²) in [5, 5.41) is 0. The smallest absolute Gasteiger partial charge is 0.253 e. The Morgan fingerprint density at radius 1 is 0.938 bits per heavy atom. The van der Waals surface area contributed by atoms with Gasteiger partial charge in [-0.2, -0.15) is 0 Å². The molecule has 0 saturated heterocycles. The topological polar surface area (TPSA) is 40.6 Å². The van der Waals surface area contributed by atoms with Crippen LogP contribution in [-0.4, -0.2) is 27.2 Å². The lowest BCUT2D eigenvalue weighted by Gasteiger charge is -2.27. The number of hydrogen-bond acceptors (Lipinski definition) is 4. The molecule has 0 heterocycles. The van der Waals surface area contributed by atoms with Crippen molar-refractivity contribution >= 4 is 11.4 Å². The molecule has 1 rings (SSSR count). The Morgan fingerprint density at radius 3 is 1.88 bits per heavy atom. The van der Waals surface area contributed by atoms with Crippen molar-refractivity contribution in [2.24, 2.45) is 0 Å². The zero-order chi connectivity index (χ0) is 12.3. The zero-order valence-corrected chi connectivity index (χ0v) is 10.5. The summed E-state index contributed by atoms with van der Waals surface area (Å²) < 4.78 is 0. The van der Waals surface area contributed by atoms with Crippen molar-refractivity contribution in [3.05, 3.63) is 20.4 Å². The van der Waals surface area contributed by atoms with Crippen molar-refractivity contribution in [3.8, 4) is 0 Å². The lowest BCUT2D eigenvalue weighted by atomic mass is 10.1. The minimum atomic E-state index is -0.345. The molecule has 0 spiro atoms. The van der Waals surface area contributed by atoms with E-state index >= 15 is 0 Å². The van der Waals surface area contributed by atoms with E-state index in [0.29, 0.717) is 11.4 Å². The van der Waals surface area contributed by atoms with Crippen molar-refractivity contribution in [1.29, 1.82) is 0 Å². The van der Waals surface area contributed by atoms with Crippen LogP contribution in [0.3, 0.4) is 0 Å². The summed E-state index contributed by atoms with van der Waals surface area (Å²) in [5.41, 5.74) is 0.477. The highest BCUT2D eigenvalue weighted by atomic mass is 16.2. The van der Waals surface area contributed by atoms with Gasteiger partial charge in [0.25, 0.3) is 10.9 Å². The van der Waals surface area contributed by atoms with Crippen LogP contribution in [0, 0.1) is 0 Å². The van der Waals surface area contributed by atoms with Gasteiger partial charge in [-0.1, -0.05) is 13.3 Å². The fraction of sp³-hybridized carbons (Fsp3) is 0.667. The summed E-state index contributed by atoms with van der Waals surface area (Å²) in [6.45, 7) is 5.63. The van der Waals surface area contributed by atoms with Crippen LogP contribution in [0.4, 0.5) is 11.4 Å². The molecule has 0 aliphatic rings. The van der Waals surface area contributed by atoms with E-state index in [4.69, 9.17) is 0 Å². The Hall–Kier alpha value is -1.32. The van der Waals surface area contributed by atoms with Crippen molar-refractivity contribution in [3.63, 3.8) is 0 Å². The molecule has 0 aliphatic heterocycles. The van der Waals surface area contributed by atoms with Gasteiger partial charge < -0.3 is 9.80 Å². The summed E-state index contributed by atoms with van der Waals surface area (Å²) in [5.74, 6) is 0. The van der Waals surface area contributed by atoms with E-state index in [9.17, 15) is 9.59 Å². The third kappa shape index (κ3) is 2.10. The molecule has 4 heteroatoms. The number of hydrogen-bond donors (Lipinski definition) is 0. The van der Waals surface area contributed by atoms with E-state index in [-0.39, 0.29) is 10.9 Å². The molecule has 0 aromatic heterocycles. The fourth-order valence-corrected chi connectivity index (χ4v) is 1.74. The van der Waals surface area contributed by atoms with Crippen molar-refractivity contribution < 1.29 is 0 Å². The van der Waals surface area contributed by atoms with Crippen molar-refractivity contribution in [2.75, 3.05) is 37.0 Å². The summed E-state index contributed by atoms with van der Waals surface area (Å²) >= 11 is 0. The molecule has 0 aliphatic carbocycles. The third-order valence-corrected chi connectivity index (χ3v) is 2.95. The Balaban J connectivity index is 2.92. The van der Waals surface area contributed by atoms with Crippen LogP contribution in [-0.2, 0) is 0 Å². The van der Waals surface area contributed by atoms with E-state index in [0.717, 1.165) is 25.9 Å². The second-order valence-corrected chi connectivity index (χ2v) is 4.14. The average molecular weight is 224 g/mol. The molecule has 16 heavy (non-hydrogen) atoms. The first-order valence-corrected chi connectivity index (χ1v) is 5.80. The van der Waals surface area contributed by atoms with E-state index in [1.807, 2.05) is 30.8 Å². The predicted octanol–water partition coefficient (Wildman–Crippen LogP) is 0.975. The lowest BCUT2D eigenvalue weighted by molar-refractivity contribution is 0.760. The highest BCUT2D eigenvalue weighted by Crippen LogP contribution is 2.22. The maximum Gasteiger partial charge on any atom is 0.253 e. The monoisotopic (exact) mass is 224 g/mol. The Morgan fingerprint density at radius 2 is 1.44 bits per heavy atom. The molecule has 0 bridgehead atoms.